The molecule has 0 saturated heterocycles. The zero-order valence-corrected chi connectivity index (χ0v) is 19.1. The van der Waals surface area contributed by atoms with Crippen LogP contribution in [0, 0.1) is 0 Å². The smallest absolute Gasteiger partial charge is 0.261 e. The van der Waals surface area contributed by atoms with Crippen molar-refractivity contribution in [1.82, 2.24) is 4.90 Å². The second kappa shape index (κ2) is 6.81. The predicted molar refractivity (Wildman–Crippen MR) is 133 cm³/mol. The number of benzene rings is 5. The van der Waals surface area contributed by atoms with Crippen LogP contribution in [0.5, 0.6) is 0 Å². The molecular weight excluding hydrogens is 441 g/mol. The number of carbonyl (C=O) groups excluding carboxylic acids is 2. The third kappa shape index (κ3) is 2.44. The lowest BCUT2D eigenvalue weighted by atomic mass is 9.84. The average Bonchev–Trinajstić information content (AvgIpc) is 2.77. The van der Waals surface area contributed by atoms with Crippen molar-refractivity contribution in [2.45, 2.75) is 32.7 Å². The van der Waals surface area contributed by atoms with Gasteiger partial charge in [0.05, 0.1) is 0 Å². The third-order valence-electron chi connectivity index (χ3n) is 6.93. The monoisotopic (exact) mass is 459 g/mol. The summed E-state index contributed by atoms with van der Waals surface area (Å²) in [6.07, 6.45) is 1.46. The first-order valence-electron chi connectivity index (χ1n) is 10.9. The Morgan fingerprint density at radius 2 is 1.19 bits per heavy atom. The van der Waals surface area contributed by atoms with E-state index >= 15 is 0 Å². The molecule has 0 N–H and O–H groups in total. The molecule has 3 nitrogen and oxygen atoms in total. The predicted octanol–water partition coefficient (Wildman–Crippen LogP) is 7.83. The van der Waals surface area contributed by atoms with Crippen molar-refractivity contribution in [3.05, 3.63) is 69.7 Å². The highest BCUT2D eigenvalue weighted by Crippen LogP contribution is 2.45. The summed E-state index contributed by atoms with van der Waals surface area (Å²) in [5.41, 5.74) is 1.16. The molecular formula is C27H19Cl2NO2. The van der Waals surface area contributed by atoms with Crippen molar-refractivity contribution in [3.63, 3.8) is 0 Å². The van der Waals surface area contributed by atoms with Crippen LogP contribution in [0.15, 0.2) is 48.5 Å². The minimum atomic E-state index is -0.215. The fraction of sp³-hybridized carbons (Fsp3) is 0.185. The molecule has 1 heterocycles. The summed E-state index contributed by atoms with van der Waals surface area (Å²) in [4.78, 5) is 28.5. The molecule has 6 rings (SSSR count). The molecule has 0 unspecified atom stereocenters. The van der Waals surface area contributed by atoms with E-state index in [1.165, 1.54) is 4.90 Å². The molecule has 32 heavy (non-hydrogen) atoms. The fourth-order valence-corrected chi connectivity index (χ4v) is 5.96. The molecule has 5 aromatic carbocycles. The van der Waals surface area contributed by atoms with Crippen molar-refractivity contribution in [2.24, 2.45) is 0 Å². The number of imide groups is 1. The molecule has 1 aliphatic rings. The van der Waals surface area contributed by atoms with Gasteiger partial charge in [0, 0.05) is 32.6 Å². The van der Waals surface area contributed by atoms with E-state index in [-0.39, 0.29) is 17.9 Å². The number of halogens is 2. The number of fused-ring (bicyclic) bond motifs is 2. The van der Waals surface area contributed by atoms with Gasteiger partial charge in [0.15, 0.2) is 0 Å². The number of rotatable bonds is 3. The summed E-state index contributed by atoms with van der Waals surface area (Å²) in [6, 6.07) is 15.4. The van der Waals surface area contributed by atoms with E-state index in [1.807, 2.05) is 62.4 Å². The van der Waals surface area contributed by atoms with E-state index in [4.69, 9.17) is 23.2 Å². The number of nitrogens with zero attached hydrogens (tertiary/aromatic N) is 1. The Balaban J connectivity index is 1.82. The van der Waals surface area contributed by atoms with Crippen molar-refractivity contribution >= 4 is 78.1 Å². The number of amides is 2. The van der Waals surface area contributed by atoms with E-state index < -0.39 is 0 Å². The van der Waals surface area contributed by atoms with Crippen molar-refractivity contribution < 1.29 is 9.59 Å². The molecule has 158 valence electrons. The Bertz CT molecular complexity index is 1510. The fourth-order valence-electron chi connectivity index (χ4n) is 5.51. The lowest BCUT2D eigenvalue weighted by Gasteiger charge is -2.33. The quantitative estimate of drug-likeness (QED) is 0.156. The van der Waals surface area contributed by atoms with Gasteiger partial charge in [-0.05, 0) is 86.9 Å². The standard InChI is InChI=1S/C27H19Cl2NO2/c1-3-16(4-2)30-26(31)19-7-5-17-21-11-14(28)9-13-10-15(29)12-22(23(13)21)18-6-8-20(27(30)32)25(19)24(17)18/h5-12,16H,3-4H2,1-2H3. The molecule has 2 amide bonds. The molecule has 0 radical (unpaired) electrons. The van der Waals surface area contributed by atoms with Crippen LogP contribution in [0.1, 0.15) is 47.4 Å². The van der Waals surface area contributed by atoms with Crippen LogP contribution in [0.4, 0.5) is 0 Å². The van der Waals surface area contributed by atoms with Crippen LogP contribution in [0.25, 0.3) is 43.1 Å². The van der Waals surface area contributed by atoms with Gasteiger partial charge in [0.25, 0.3) is 11.8 Å². The Hall–Kier alpha value is -2.88. The van der Waals surface area contributed by atoms with Crippen LogP contribution in [-0.4, -0.2) is 22.8 Å². The highest BCUT2D eigenvalue weighted by Gasteiger charge is 2.37. The summed E-state index contributed by atoms with van der Waals surface area (Å²) < 4.78 is 0. The van der Waals surface area contributed by atoms with Crippen molar-refractivity contribution in [1.29, 1.82) is 0 Å². The van der Waals surface area contributed by atoms with Gasteiger partial charge in [-0.3, -0.25) is 14.5 Å². The number of hydrogen-bond donors (Lipinski definition) is 0. The van der Waals surface area contributed by atoms with Crippen molar-refractivity contribution in [3.8, 4) is 0 Å². The van der Waals surface area contributed by atoms with Crippen LogP contribution in [0.3, 0.4) is 0 Å². The van der Waals surface area contributed by atoms with Gasteiger partial charge in [-0.25, -0.2) is 0 Å². The minimum Gasteiger partial charge on any atom is -0.271 e. The normalized spacial score (nSPS) is 14.2. The van der Waals surface area contributed by atoms with E-state index in [1.54, 1.807) is 0 Å². The van der Waals surface area contributed by atoms with Gasteiger partial charge < -0.3 is 0 Å². The topological polar surface area (TPSA) is 37.4 Å². The maximum atomic E-state index is 13.5. The average molecular weight is 460 g/mol. The summed E-state index contributed by atoms with van der Waals surface area (Å²) in [6.45, 7) is 4.02. The first-order valence-corrected chi connectivity index (χ1v) is 11.6. The maximum absolute atomic E-state index is 13.5. The highest BCUT2D eigenvalue weighted by molar-refractivity contribution is 6.41. The zero-order chi connectivity index (χ0) is 22.3. The Labute approximate surface area is 194 Å². The van der Waals surface area contributed by atoms with Gasteiger partial charge in [0.2, 0.25) is 0 Å². The van der Waals surface area contributed by atoms with Gasteiger partial charge in [-0.15, -0.1) is 0 Å². The highest BCUT2D eigenvalue weighted by atomic mass is 35.5. The zero-order valence-electron chi connectivity index (χ0n) is 17.6. The molecule has 0 fully saturated rings. The summed E-state index contributed by atoms with van der Waals surface area (Å²) in [7, 11) is 0. The summed E-state index contributed by atoms with van der Waals surface area (Å²) in [5.74, 6) is -0.430. The summed E-state index contributed by atoms with van der Waals surface area (Å²) in [5, 5.41) is 8.92. The molecule has 0 aliphatic carbocycles. The Kier molecular flexibility index (Phi) is 4.21. The van der Waals surface area contributed by atoms with Gasteiger partial charge >= 0.3 is 0 Å². The second-order valence-corrected chi connectivity index (χ2v) is 9.40. The first kappa shape index (κ1) is 19.8. The van der Waals surface area contributed by atoms with Gasteiger partial charge in [0.1, 0.15) is 0 Å². The molecule has 0 saturated carbocycles. The molecule has 5 heteroatoms. The molecule has 1 aliphatic heterocycles. The van der Waals surface area contributed by atoms with Crippen LogP contribution < -0.4 is 0 Å². The minimum absolute atomic E-state index is 0.113. The Morgan fingerprint density at radius 1 is 0.688 bits per heavy atom. The van der Waals surface area contributed by atoms with E-state index in [0.29, 0.717) is 21.2 Å². The van der Waals surface area contributed by atoms with Crippen LogP contribution in [-0.2, 0) is 0 Å². The number of hydrogen-bond acceptors (Lipinski definition) is 2. The first-order chi connectivity index (χ1) is 15.4. The van der Waals surface area contributed by atoms with E-state index in [2.05, 4.69) is 0 Å². The Morgan fingerprint density at radius 3 is 1.66 bits per heavy atom. The van der Waals surface area contributed by atoms with Gasteiger partial charge in [-0.2, -0.15) is 0 Å². The lowest BCUT2D eigenvalue weighted by molar-refractivity contribution is 0.0530. The lowest BCUT2D eigenvalue weighted by Crippen LogP contribution is -2.46. The second-order valence-electron chi connectivity index (χ2n) is 8.53. The maximum Gasteiger partial charge on any atom is 0.261 e. The third-order valence-corrected chi connectivity index (χ3v) is 7.36. The largest absolute Gasteiger partial charge is 0.271 e. The number of carbonyl (C=O) groups is 2. The summed E-state index contributed by atoms with van der Waals surface area (Å²) >= 11 is 12.9. The van der Waals surface area contributed by atoms with Crippen LogP contribution >= 0.6 is 23.2 Å². The van der Waals surface area contributed by atoms with E-state index in [0.717, 1.165) is 55.9 Å². The molecule has 5 aromatic rings. The SMILES string of the molecule is CCC(CC)N1C(=O)c2ccc3c4cc(Cl)cc5cc(Cl)cc(c6ccc(c2c36)C1=O)c54. The van der Waals surface area contributed by atoms with Crippen LogP contribution in [0.2, 0.25) is 10.0 Å². The van der Waals surface area contributed by atoms with Crippen molar-refractivity contribution in [2.75, 3.05) is 0 Å². The molecule has 0 aromatic heterocycles. The van der Waals surface area contributed by atoms with Gasteiger partial charge in [-0.1, -0.05) is 49.2 Å². The molecule has 0 atom stereocenters. The molecule has 0 bridgehead atoms. The molecule has 0 spiro atoms. The van der Waals surface area contributed by atoms with E-state index in [9.17, 15) is 9.59 Å².